The molecule has 2 aliphatic rings. The molecule has 6 heteroatoms. The molecule has 0 aromatic carbocycles. The van der Waals surface area contributed by atoms with Gasteiger partial charge in [0, 0.05) is 12.3 Å². The Kier molecular flexibility index (Phi) is 5.36. The van der Waals surface area contributed by atoms with Crippen LogP contribution in [0.15, 0.2) is 0 Å². The van der Waals surface area contributed by atoms with Crippen LogP contribution in [-0.4, -0.2) is 46.2 Å². The molecule has 2 N–H and O–H groups in total. The second-order valence-corrected chi connectivity index (χ2v) is 6.35. The zero-order valence-corrected chi connectivity index (χ0v) is 12.0. The van der Waals surface area contributed by atoms with Crippen molar-refractivity contribution in [2.24, 2.45) is 5.92 Å². The molecule has 1 saturated heterocycles. The van der Waals surface area contributed by atoms with E-state index in [4.69, 9.17) is 5.11 Å². The number of nitrogens with zero attached hydrogens (tertiary/aromatic N) is 1. The number of carbonyl (C=O) groups is 2. The van der Waals surface area contributed by atoms with E-state index in [2.05, 4.69) is 5.32 Å². The van der Waals surface area contributed by atoms with Gasteiger partial charge >= 0.3 is 12.0 Å². The number of nitrogens with one attached hydrogen (secondary N) is 1. The summed E-state index contributed by atoms with van der Waals surface area (Å²) < 4.78 is 0. The maximum atomic E-state index is 11.9. The lowest BCUT2D eigenvalue weighted by Crippen LogP contribution is -2.47. The number of aliphatic carboxylic acids is 1. The lowest BCUT2D eigenvalue weighted by atomic mass is 10.0. The molecule has 0 aromatic rings. The van der Waals surface area contributed by atoms with Gasteiger partial charge in [0.15, 0.2) is 0 Å². The highest BCUT2D eigenvalue weighted by atomic mass is 32.2. The zero-order chi connectivity index (χ0) is 13.7. The number of carboxylic acids is 1. The maximum Gasteiger partial charge on any atom is 0.327 e. The molecule has 2 fully saturated rings. The average molecular weight is 286 g/mol. The van der Waals surface area contributed by atoms with Crippen molar-refractivity contribution in [2.45, 2.75) is 44.6 Å². The van der Waals surface area contributed by atoms with Crippen LogP contribution in [0.25, 0.3) is 0 Å². The van der Waals surface area contributed by atoms with Crippen molar-refractivity contribution in [1.29, 1.82) is 0 Å². The molecule has 1 unspecified atom stereocenters. The van der Waals surface area contributed by atoms with Crippen molar-refractivity contribution in [2.75, 3.05) is 18.2 Å². The van der Waals surface area contributed by atoms with Crippen molar-refractivity contribution in [3.05, 3.63) is 0 Å². The van der Waals surface area contributed by atoms with Crippen molar-refractivity contribution in [1.82, 2.24) is 10.2 Å². The Morgan fingerprint density at radius 2 is 2.05 bits per heavy atom. The predicted molar refractivity (Wildman–Crippen MR) is 75.2 cm³/mol. The van der Waals surface area contributed by atoms with E-state index in [9.17, 15) is 9.59 Å². The summed E-state index contributed by atoms with van der Waals surface area (Å²) in [5.41, 5.74) is 0. The zero-order valence-electron chi connectivity index (χ0n) is 11.1. The minimum Gasteiger partial charge on any atom is -0.480 e. The predicted octanol–water partition coefficient (Wildman–Crippen LogP) is 2.13. The molecule has 19 heavy (non-hydrogen) atoms. The highest BCUT2D eigenvalue weighted by Gasteiger charge is 2.34. The van der Waals surface area contributed by atoms with Gasteiger partial charge in [-0.25, -0.2) is 9.59 Å². The van der Waals surface area contributed by atoms with Gasteiger partial charge in [-0.05, 0) is 18.8 Å². The van der Waals surface area contributed by atoms with Crippen molar-refractivity contribution in [3.8, 4) is 0 Å². The van der Waals surface area contributed by atoms with E-state index in [1.807, 2.05) is 0 Å². The first-order chi connectivity index (χ1) is 9.18. The molecule has 1 aliphatic carbocycles. The van der Waals surface area contributed by atoms with Gasteiger partial charge in [-0.15, -0.1) is 11.8 Å². The van der Waals surface area contributed by atoms with Gasteiger partial charge in [-0.2, -0.15) is 0 Å². The molecule has 1 atom stereocenters. The highest BCUT2D eigenvalue weighted by Crippen LogP contribution is 2.28. The van der Waals surface area contributed by atoms with E-state index < -0.39 is 12.0 Å². The van der Waals surface area contributed by atoms with E-state index in [1.165, 1.54) is 48.8 Å². The van der Waals surface area contributed by atoms with E-state index in [-0.39, 0.29) is 6.03 Å². The lowest BCUT2D eigenvalue weighted by Gasteiger charge is -2.21. The summed E-state index contributed by atoms with van der Waals surface area (Å²) in [5, 5.41) is 11.9. The fourth-order valence-corrected chi connectivity index (χ4v) is 3.98. The first-order valence-corrected chi connectivity index (χ1v) is 8.19. The first kappa shape index (κ1) is 14.5. The minimum absolute atomic E-state index is 0.233. The summed E-state index contributed by atoms with van der Waals surface area (Å²) in [6.45, 7) is 0.656. The maximum absolute atomic E-state index is 11.9. The minimum atomic E-state index is -0.911. The Bertz CT molecular complexity index is 332. The molecular formula is C13H22N2O3S. The summed E-state index contributed by atoms with van der Waals surface area (Å²) in [6, 6.07) is -0.899. The molecule has 0 bridgehead atoms. The molecule has 108 valence electrons. The molecule has 0 aromatic heterocycles. The van der Waals surface area contributed by atoms with Crippen molar-refractivity contribution < 1.29 is 14.7 Å². The van der Waals surface area contributed by atoms with Crippen LogP contribution < -0.4 is 5.32 Å². The Morgan fingerprint density at radius 1 is 1.32 bits per heavy atom. The van der Waals surface area contributed by atoms with Crippen LogP contribution in [-0.2, 0) is 4.79 Å². The molecule has 5 nitrogen and oxygen atoms in total. The molecule has 1 aliphatic heterocycles. The summed E-state index contributed by atoms with van der Waals surface area (Å²) in [5.74, 6) is 0.896. The van der Waals surface area contributed by atoms with Gasteiger partial charge < -0.3 is 15.3 Å². The molecule has 0 radical (unpaired) electrons. The normalized spacial score (nSPS) is 23.8. The number of hydrogen-bond acceptors (Lipinski definition) is 3. The third kappa shape index (κ3) is 4.03. The molecule has 1 heterocycles. The van der Waals surface area contributed by atoms with Crippen LogP contribution in [0.4, 0.5) is 4.79 Å². The largest absolute Gasteiger partial charge is 0.480 e. The third-order valence-electron chi connectivity index (χ3n) is 3.97. The summed E-state index contributed by atoms with van der Waals surface area (Å²) in [6.07, 6.45) is 7.53. The monoisotopic (exact) mass is 286 g/mol. The fourth-order valence-electron chi connectivity index (χ4n) is 2.83. The second-order valence-electron chi connectivity index (χ2n) is 5.35. The Hall–Kier alpha value is -0.910. The van der Waals surface area contributed by atoms with Crippen LogP contribution in [0, 0.1) is 5.92 Å². The highest BCUT2D eigenvalue weighted by molar-refractivity contribution is 7.99. The fraction of sp³-hybridized carbons (Fsp3) is 0.846. The number of amides is 2. The number of thioether (sulfide) groups is 1. The molecule has 1 saturated carbocycles. The van der Waals surface area contributed by atoms with E-state index in [1.54, 1.807) is 0 Å². The van der Waals surface area contributed by atoms with Gasteiger partial charge in [0.25, 0.3) is 0 Å². The number of carbonyl (C=O) groups excluding carboxylic acids is 1. The summed E-state index contributed by atoms with van der Waals surface area (Å²) >= 11 is 1.49. The Balaban J connectivity index is 1.64. The van der Waals surface area contributed by atoms with Gasteiger partial charge in [0.05, 0.1) is 5.88 Å². The number of urea groups is 1. The number of rotatable bonds is 5. The van der Waals surface area contributed by atoms with Gasteiger partial charge in [-0.1, -0.05) is 25.7 Å². The van der Waals surface area contributed by atoms with Crippen LogP contribution in [0.2, 0.25) is 0 Å². The number of hydrogen-bond donors (Lipinski definition) is 2. The van der Waals surface area contributed by atoms with Crippen LogP contribution >= 0.6 is 11.8 Å². The third-order valence-corrected chi connectivity index (χ3v) is 4.98. The lowest BCUT2D eigenvalue weighted by molar-refractivity contribution is -0.140. The second kappa shape index (κ2) is 7.03. The van der Waals surface area contributed by atoms with Crippen LogP contribution in [0.3, 0.4) is 0 Å². The molecule has 2 rings (SSSR count). The Labute approximate surface area is 118 Å². The standard InChI is InChI=1S/C13H22N2O3S/c16-12(17)11-8-19-9-15(11)13(18)14-7-3-6-10-4-1-2-5-10/h10-11H,1-9H2,(H,14,18)(H,16,17). The SMILES string of the molecule is O=C(O)C1CSCN1C(=O)NCCCC1CCCC1. The van der Waals surface area contributed by atoms with E-state index >= 15 is 0 Å². The Morgan fingerprint density at radius 3 is 2.74 bits per heavy atom. The molecule has 0 spiro atoms. The summed E-state index contributed by atoms with van der Waals surface area (Å²) in [7, 11) is 0. The average Bonchev–Trinajstić information content (AvgIpc) is 3.04. The topological polar surface area (TPSA) is 69.6 Å². The first-order valence-electron chi connectivity index (χ1n) is 7.03. The molecular weight excluding hydrogens is 264 g/mol. The molecule has 2 amide bonds. The number of carboxylic acid groups (broad SMARTS) is 1. The van der Waals surface area contributed by atoms with Gasteiger partial charge in [0.2, 0.25) is 0 Å². The van der Waals surface area contributed by atoms with Crippen molar-refractivity contribution >= 4 is 23.8 Å². The smallest absolute Gasteiger partial charge is 0.327 e. The summed E-state index contributed by atoms with van der Waals surface area (Å²) in [4.78, 5) is 24.3. The van der Waals surface area contributed by atoms with E-state index in [0.29, 0.717) is 18.2 Å². The van der Waals surface area contributed by atoms with Crippen molar-refractivity contribution in [3.63, 3.8) is 0 Å². The van der Waals surface area contributed by atoms with Gasteiger partial charge in [0.1, 0.15) is 6.04 Å². The van der Waals surface area contributed by atoms with Crippen LogP contribution in [0.5, 0.6) is 0 Å². The van der Waals surface area contributed by atoms with Gasteiger partial charge in [-0.3, -0.25) is 0 Å². The van der Waals surface area contributed by atoms with Crippen LogP contribution in [0.1, 0.15) is 38.5 Å². The quantitative estimate of drug-likeness (QED) is 0.760. The van der Waals surface area contributed by atoms with E-state index in [0.717, 1.165) is 12.3 Å².